The van der Waals surface area contributed by atoms with Gasteiger partial charge in [0.2, 0.25) is 5.91 Å². The summed E-state index contributed by atoms with van der Waals surface area (Å²) >= 11 is 0. The Morgan fingerprint density at radius 3 is 2.58 bits per heavy atom. The lowest BCUT2D eigenvalue weighted by Crippen LogP contribution is -2.43. The van der Waals surface area contributed by atoms with Crippen molar-refractivity contribution in [2.75, 3.05) is 16.8 Å². The van der Waals surface area contributed by atoms with Gasteiger partial charge < -0.3 is 15.5 Å². The first-order chi connectivity index (χ1) is 11.2. The molecule has 5 heteroatoms. The fourth-order valence-electron chi connectivity index (χ4n) is 2.77. The second-order valence-corrected chi connectivity index (χ2v) is 7.90. The van der Waals surface area contributed by atoms with Crippen LogP contribution in [0.4, 0.5) is 16.2 Å². The molecule has 132 valence electrons. The number of fused-ring (bicyclic) bond motifs is 1. The van der Waals surface area contributed by atoms with E-state index in [-0.39, 0.29) is 17.5 Å². The van der Waals surface area contributed by atoms with Gasteiger partial charge in [-0.1, -0.05) is 13.8 Å². The quantitative estimate of drug-likeness (QED) is 0.878. The molecule has 0 saturated heterocycles. The summed E-state index contributed by atoms with van der Waals surface area (Å²) in [5.41, 5.74) is 2.58. The van der Waals surface area contributed by atoms with Crippen molar-refractivity contribution < 1.29 is 9.59 Å². The Labute approximate surface area is 144 Å². The second-order valence-electron chi connectivity index (χ2n) is 7.90. The van der Waals surface area contributed by atoms with Crippen LogP contribution >= 0.6 is 0 Å². The predicted molar refractivity (Wildman–Crippen MR) is 98.5 cm³/mol. The first kappa shape index (κ1) is 18.3. The summed E-state index contributed by atoms with van der Waals surface area (Å²) in [7, 11) is 0. The largest absolute Gasteiger partial charge is 0.333 e. The Bertz CT molecular complexity index is 618. The first-order valence-electron chi connectivity index (χ1n) is 8.68. The highest BCUT2D eigenvalue weighted by Crippen LogP contribution is 2.30. The molecule has 1 heterocycles. The Kier molecular flexibility index (Phi) is 5.52. The number of anilines is 2. The number of benzene rings is 1. The fourth-order valence-corrected chi connectivity index (χ4v) is 2.77. The van der Waals surface area contributed by atoms with Crippen LogP contribution in [0.3, 0.4) is 0 Å². The third-order valence-electron chi connectivity index (χ3n) is 3.96. The molecule has 2 N–H and O–H groups in total. The maximum absolute atomic E-state index is 12.2. The van der Waals surface area contributed by atoms with Crippen molar-refractivity contribution in [3.63, 3.8) is 0 Å². The van der Waals surface area contributed by atoms with Gasteiger partial charge in [0.05, 0.1) is 0 Å². The Morgan fingerprint density at radius 1 is 1.25 bits per heavy atom. The SMILES string of the molecule is CC(C)CCN1C(=O)CCc2cc(NC(=O)NC(C)(C)C)ccc21. The van der Waals surface area contributed by atoms with Gasteiger partial charge in [0.1, 0.15) is 0 Å². The van der Waals surface area contributed by atoms with Gasteiger partial charge in [-0.2, -0.15) is 0 Å². The Hall–Kier alpha value is -2.04. The summed E-state index contributed by atoms with van der Waals surface area (Å²) in [5.74, 6) is 0.750. The first-order valence-corrected chi connectivity index (χ1v) is 8.68. The van der Waals surface area contributed by atoms with Crippen molar-refractivity contribution in [3.8, 4) is 0 Å². The lowest BCUT2D eigenvalue weighted by atomic mass is 9.99. The molecule has 0 unspecified atom stereocenters. The molecule has 1 aromatic rings. The minimum absolute atomic E-state index is 0.189. The van der Waals surface area contributed by atoms with Crippen LogP contribution in [0.15, 0.2) is 18.2 Å². The number of carbonyl (C=O) groups is 2. The molecule has 5 nitrogen and oxygen atoms in total. The smallest absolute Gasteiger partial charge is 0.319 e. The summed E-state index contributed by atoms with van der Waals surface area (Å²) in [4.78, 5) is 26.1. The maximum atomic E-state index is 12.2. The van der Waals surface area contributed by atoms with E-state index in [9.17, 15) is 9.59 Å². The number of rotatable bonds is 4. The van der Waals surface area contributed by atoms with E-state index in [0.29, 0.717) is 12.3 Å². The van der Waals surface area contributed by atoms with Crippen LogP contribution < -0.4 is 15.5 Å². The van der Waals surface area contributed by atoms with Gasteiger partial charge in [-0.3, -0.25) is 4.79 Å². The standard InChI is InChI=1S/C19H29N3O2/c1-13(2)10-11-22-16-8-7-15(12-14(16)6-9-17(22)23)20-18(24)21-19(3,4)5/h7-8,12-13H,6,9-11H2,1-5H3,(H2,20,21,24). The molecule has 3 amide bonds. The highest BCUT2D eigenvalue weighted by atomic mass is 16.2. The zero-order valence-corrected chi connectivity index (χ0v) is 15.4. The maximum Gasteiger partial charge on any atom is 0.319 e. The summed E-state index contributed by atoms with van der Waals surface area (Å²) in [6, 6.07) is 5.57. The average Bonchev–Trinajstić information content (AvgIpc) is 2.44. The van der Waals surface area contributed by atoms with Crippen LogP contribution in [0.1, 0.15) is 53.0 Å². The van der Waals surface area contributed by atoms with Crippen LogP contribution in [-0.2, 0) is 11.2 Å². The van der Waals surface area contributed by atoms with Gasteiger partial charge in [-0.25, -0.2) is 4.79 Å². The Morgan fingerprint density at radius 2 is 1.96 bits per heavy atom. The minimum atomic E-state index is -0.279. The molecule has 1 aliphatic rings. The lowest BCUT2D eigenvalue weighted by molar-refractivity contribution is -0.118. The molecule has 0 atom stereocenters. The molecule has 0 spiro atoms. The summed E-state index contributed by atoms with van der Waals surface area (Å²) in [5, 5.41) is 5.75. The summed E-state index contributed by atoms with van der Waals surface area (Å²) in [6.45, 7) is 10.9. The van der Waals surface area contributed by atoms with Crippen molar-refractivity contribution in [2.45, 2.75) is 59.4 Å². The van der Waals surface area contributed by atoms with Gasteiger partial charge in [0, 0.05) is 29.9 Å². The van der Waals surface area contributed by atoms with E-state index in [1.807, 2.05) is 43.9 Å². The van der Waals surface area contributed by atoms with Crippen molar-refractivity contribution in [2.24, 2.45) is 5.92 Å². The third-order valence-corrected chi connectivity index (χ3v) is 3.96. The van der Waals surface area contributed by atoms with Crippen molar-refractivity contribution in [3.05, 3.63) is 23.8 Å². The van der Waals surface area contributed by atoms with Crippen LogP contribution in [0.25, 0.3) is 0 Å². The molecule has 0 radical (unpaired) electrons. The van der Waals surface area contributed by atoms with E-state index in [1.165, 1.54) is 0 Å². The molecule has 1 aromatic carbocycles. The van der Waals surface area contributed by atoms with Crippen LogP contribution in [-0.4, -0.2) is 24.0 Å². The molecule has 24 heavy (non-hydrogen) atoms. The molecule has 1 aliphatic heterocycles. The number of nitrogens with zero attached hydrogens (tertiary/aromatic N) is 1. The van der Waals surface area contributed by atoms with Gasteiger partial charge in [0.15, 0.2) is 0 Å². The highest BCUT2D eigenvalue weighted by molar-refractivity contribution is 5.97. The minimum Gasteiger partial charge on any atom is -0.333 e. The zero-order chi connectivity index (χ0) is 17.9. The van der Waals surface area contributed by atoms with E-state index in [4.69, 9.17) is 0 Å². The van der Waals surface area contributed by atoms with Gasteiger partial charge in [-0.05, 0) is 63.3 Å². The number of urea groups is 1. The number of nitrogens with one attached hydrogen (secondary N) is 2. The number of amides is 3. The fraction of sp³-hybridized carbons (Fsp3) is 0.579. The number of aryl methyl sites for hydroxylation is 1. The molecule has 0 bridgehead atoms. The lowest BCUT2D eigenvalue weighted by Gasteiger charge is -2.30. The number of carbonyl (C=O) groups excluding carboxylic acids is 2. The normalized spacial score (nSPS) is 14.6. The van der Waals surface area contributed by atoms with Gasteiger partial charge in [0.25, 0.3) is 0 Å². The van der Waals surface area contributed by atoms with E-state index < -0.39 is 0 Å². The molecule has 2 rings (SSSR count). The summed E-state index contributed by atoms with van der Waals surface area (Å²) < 4.78 is 0. The molecular weight excluding hydrogens is 302 g/mol. The number of hydrogen-bond donors (Lipinski definition) is 2. The zero-order valence-electron chi connectivity index (χ0n) is 15.4. The highest BCUT2D eigenvalue weighted by Gasteiger charge is 2.24. The van der Waals surface area contributed by atoms with Gasteiger partial charge in [-0.15, -0.1) is 0 Å². The second kappa shape index (κ2) is 7.24. The predicted octanol–water partition coefficient (Wildman–Crippen LogP) is 3.93. The van der Waals surface area contributed by atoms with Gasteiger partial charge >= 0.3 is 6.03 Å². The van der Waals surface area contributed by atoms with E-state index in [2.05, 4.69) is 24.5 Å². The Balaban J connectivity index is 2.12. The van der Waals surface area contributed by atoms with Crippen LogP contribution in [0.5, 0.6) is 0 Å². The van der Waals surface area contributed by atoms with E-state index in [0.717, 1.165) is 36.3 Å². The number of hydrogen-bond acceptors (Lipinski definition) is 2. The average molecular weight is 331 g/mol. The van der Waals surface area contributed by atoms with Crippen molar-refractivity contribution >= 4 is 23.3 Å². The topological polar surface area (TPSA) is 61.4 Å². The molecular formula is C19H29N3O2. The van der Waals surface area contributed by atoms with E-state index in [1.54, 1.807) is 0 Å². The van der Waals surface area contributed by atoms with E-state index >= 15 is 0 Å². The monoisotopic (exact) mass is 331 g/mol. The summed E-state index contributed by atoms with van der Waals surface area (Å²) in [6.07, 6.45) is 2.24. The van der Waals surface area contributed by atoms with Crippen molar-refractivity contribution in [1.82, 2.24) is 5.32 Å². The van der Waals surface area contributed by atoms with Crippen LogP contribution in [0.2, 0.25) is 0 Å². The van der Waals surface area contributed by atoms with Crippen LogP contribution in [0, 0.1) is 5.92 Å². The molecule has 0 fully saturated rings. The third kappa shape index (κ3) is 4.98. The molecule has 0 saturated carbocycles. The van der Waals surface area contributed by atoms with Crippen molar-refractivity contribution in [1.29, 1.82) is 0 Å². The molecule has 0 aromatic heterocycles. The molecule has 0 aliphatic carbocycles.